The Hall–Kier alpha value is -1.11. The third kappa shape index (κ3) is 3.14. The van der Waals surface area contributed by atoms with Crippen molar-refractivity contribution in [2.75, 3.05) is 20.6 Å². The molecule has 1 heterocycles. The second kappa shape index (κ2) is 6.56. The lowest BCUT2D eigenvalue weighted by atomic mass is 10.1. The van der Waals surface area contributed by atoms with Crippen LogP contribution in [-0.4, -0.2) is 50.2 Å². The predicted molar refractivity (Wildman–Crippen MR) is 86.7 cm³/mol. The average Bonchev–Trinajstić information content (AvgIpc) is 2.95. The molecule has 2 rings (SSSR count). The number of benzene rings is 1. The quantitative estimate of drug-likeness (QED) is 0.843. The maximum Gasteiger partial charge on any atom is 0.255 e. The molecule has 0 aromatic heterocycles. The highest BCUT2D eigenvalue weighted by atomic mass is 35.5. The molecule has 0 N–H and O–H groups in total. The summed E-state index contributed by atoms with van der Waals surface area (Å²) in [4.78, 5) is 14.6. The van der Waals surface area contributed by atoms with Gasteiger partial charge >= 0.3 is 0 Å². The van der Waals surface area contributed by atoms with Crippen LogP contribution in [0.2, 0.25) is 5.02 Å². The molecule has 1 aromatic rings. The van der Waals surface area contributed by atoms with Gasteiger partial charge in [0, 0.05) is 26.7 Å². The highest BCUT2D eigenvalue weighted by Crippen LogP contribution is 2.27. The Morgan fingerprint density at radius 1 is 1.41 bits per heavy atom. The monoisotopic (exact) mass is 344 g/mol. The first kappa shape index (κ1) is 17.2. The second-order valence-electron chi connectivity index (χ2n) is 5.63. The Kier molecular flexibility index (Phi) is 5.14. The van der Waals surface area contributed by atoms with Crippen LogP contribution in [0.3, 0.4) is 0 Å². The molecule has 1 aromatic carbocycles. The first-order valence-corrected chi connectivity index (χ1v) is 9.14. The molecule has 0 radical (unpaired) electrons. The number of carbonyl (C=O) groups is 1. The smallest absolute Gasteiger partial charge is 0.255 e. The maximum absolute atomic E-state index is 12.7. The molecule has 1 atom stereocenters. The van der Waals surface area contributed by atoms with Gasteiger partial charge in [0.25, 0.3) is 5.91 Å². The highest BCUT2D eigenvalue weighted by Gasteiger charge is 2.30. The van der Waals surface area contributed by atoms with Gasteiger partial charge in [-0.1, -0.05) is 18.5 Å². The number of rotatable bonds is 4. The number of amides is 1. The van der Waals surface area contributed by atoms with Crippen molar-refractivity contribution in [1.82, 2.24) is 9.21 Å². The topological polar surface area (TPSA) is 57.7 Å². The maximum atomic E-state index is 12.7. The van der Waals surface area contributed by atoms with Gasteiger partial charge < -0.3 is 4.90 Å². The van der Waals surface area contributed by atoms with E-state index in [2.05, 4.69) is 0 Å². The van der Waals surface area contributed by atoms with Gasteiger partial charge in [-0.2, -0.15) is 0 Å². The zero-order valence-electron chi connectivity index (χ0n) is 13.0. The van der Waals surface area contributed by atoms with Crippen molar-refractivity contribution in [2.24, 2.45) is 0 Å². The molecule has 0 bridgehead atoms. The fraction of sp³-hybridized carbons (Fsp3) is 0.533. The van der Waals surface area contributed by atoms with Crippen LogP contribution in [0.1, 0.15) is 36.5 Å². The fourth-order valence-corrected chi connectivity index (χ4v) is 3.85. The third-order valence-corrected chi connectivity index (χ3v) is 6.20. The van der Waals surface area contributed by atoms with Gasteiger partial charge in [0.15, 0.2) is 0 Å². The molecule has 0 saturated carbocycles. The SMILES string of the molecule is CCC1CCCN1C(=O)c1cc(S(=O)(=O)N(C)C)ccc1Cl. The number of hydrogen-bond donors (Lipinski definition) is 0. The third-order valence-electron chi connectivity index (χ3n) is 4.06. The molecule has 0 spiro atoms. The first-order chi connectivity index (χ1) is 10.3. The van der Waals surface area contributed by atoms with E-state index in [1.807, 2.05) is 6.92 Å². The minimum atomic E-state index is -3.59. The number of carbonyl (C=O) groups excluding carboxylic acids is 1. The van der Waals surface area contributed by atoms with Crippen molar-refractivity contribution < 1.29 is 13.2 Å². The van der Waals surface area contributed by atoms with E-state index in [1.165, 1.54) is 32.3 Å². The zero-order valence-corrected chi connectivity index (χ0v) is 14.6. The molecule has 1 amide bonds. The lowest BCUT2D eigenvalue weighted by Crippen LogP contribution is -2.35. The van der Waals surface area contributed by atoms with Crippen LogP contribution in [0.4, 0.5) is 0 Å². The molecule has 0 aliphatic carbocycles. The van der Waals surface area contributed by atoms with Gasteiger partial charge in [0.05, 0.1) is 15.5 Å². The molecule has 1 unspecified atom stereocenters. The van der Waals surface area contributed by atoms with E-state index < -0.39 is 10.0 Å². The Morgan fingerprint density at radius 3 is 2.68 bits per heavy atom. The van der Waals surface area contributed by atoms with E-state index in [-0.39, 0.29) is 27.4 Å². The highest BCUT2D eigenvalue weighted by molar-refractivity contribution is 7.89. The molecule has 122 valence electrons. The van der Waals surface area contributed by atoms with Crippen LogP contribution in [-0.2, 0) is 10.0 Å². The van der Waals surface area contributed by atoms with Crippen LogP contribution in [0.25, 0.3) is 0 Å². The lowest BCUT2D eigenvalue weighted by Gasteiger charge is -2.24. The van der Waals surface area contributed by atoms with E-state index in [1.54, 1.807) is 4.90 Å². The Labute approximate surface area is 136 Å². The summed E-state index contributed by atoms with van der Waals surface area (Å²) in [5.41, 5.74) is 0.255. The van der Waals surface area contributed by atoms with Crippen molar-refractivity contribution >= 4 is 27.5 Å². The molecule has 1 saturated heterocycles. The van der Waals surface area contributed by atoms with Crippen LogP contribution in [0.5, 0.6) is 0 Å². The van der Waals surface area contributed by atoms with E-state index in [9.17, 15) is 13.2 Å². The summed E-state index contributed by atoms with van der Waals surface area (Å²) < 4.78 is 25.6. The summed E-state index contributed by atoms with van der Waals surface area (Å²) in [5, 5.41) is 0.282. The van der Waals surface area contributed by atoms with Crippen LogP contribution in [0, 0.1) is 0 Å². The fourth-order valence-electron chi connectivity index (χ4n) is 2.72. The molecule has 1 aliphatic heterocycles. The summed E-state index contributed by atoms with van der Waals surface area (Å²) in [6, 6.07) is 4.49. The summed E-state index contributed by atoms with van der Waals surface area (Å²) in [5.74, 6) is -0.190. The van der Waals surface area contributed by atoms with Gasteiger partial charge in [0.2, 0.25) is 10.0 Å². The van der Waals surface area contributed by atoms with E-state index in [4.69, 9.17) is 11.6 Å². The number of hydrogen-bond acceptors (Lipinski definition) is 3. The molecule has 22 heavy (non-hydrogen) atoms. The normalized spacial score (nSPS) is 19.0. The number of halogens is 1. The number of nitrogens with zero attached hydrogens (tertiary/aromatic N) is 2. The summed E-state index contributed by atoms with van der Waals surface area (Å²) in [6.45, 7) is 2.74. The number of likely N-dealkylation sites (tertiary alicyclic amines) is 1. The lowest BCUT2D eigenvalue weighted by molar-refractivity contribution is 0.0733. The Morgan fingerprint density at radius 2 is 2.09 bits per heavy atom. The average molecular weight is 345 g/mol. The van der Waals surface area contributed by atoms with Crippen LogP contribution in [0.15, 0.2) is 23.1 Å². The van der Waals surface area contributed by atoms with Gasteiger partial charge in [-0.15, -0.1) is 0 Å². The van der Waals surface area contributed by atoms with Gasteiger partial charge in [-0.05, 0) is 37.5 Å². The van der Waals surface area contributed by atoms with E-state index in [0.29, 0.717) is 6.54 Å². The summed E-state index contributed by atoms with van der Waals surface area (Å²) in [6.07, 6.45) is 2.84. The van der Waals surface area contributed by atoms with Crippen LogP contribution >= 0.6 is 11.6 Å². The van der Waals surface area contributed by atoms with Crippen molar-refractivity contribution in [3.63, 3.8) is 0 Å². The van der Waals surface area contributed by atoms with Crippen molar-refractivity contribution in [3.05, 3.63) is 28.8 Å². The standard InChI is InChI=1S/C15H21ClN2O3S/c1-4-11-6-5-9-18(11)15(19)13-10-12(7-8-14(13)16)22(20,21)17(2)3/h7-8,10-11H,4-6,9H2,1-3H3. The minimum absolute atomic E-state index is 0.0810. The summed E-state index contributed by atoms with van der Waals surface area (Å²) >= 11 is 6.13. The molecular weight excluding hydrogens is 324 g/mol. The van der Waals surface area contributed by atoms with Gasteiger partial charge in [-0.25, -0.2) is 12.7 Å². The Bertz CT molecular complexity index is 673. The van der Waals surface area contributed by atoms with Crippen molar-refractivity contribution in [3.8, 4) is 0 Å². The number of sulfonamides is 1. The Balaban J connectivity index is 2.41. The minimum Gasteiger partial charge on any atom is -0.336 e. The largest absolute Gasteiger partial charge is 0.336 e. The van der Waals surface area contributed by atoms with E-state index >= 15 is 0 Å². The molecule has 1 aliphatic rings. The van der Waals surface area contributed by atoms with E-state index in [0.717, 1.165) is 23.6 Å². The molecule has 7 heteroatoms. The predicted octanol–water partition coefficient (Wildman–Crippen LogP) is 2.60. The molecule has 1 fully saturated rings. The van der Waals surface area contributed by atoms with Crippen molar-refractivity contribution in [2.45, 2.75) is 37.1 Å². The zero-order chi connectivity index (χ0) is 16.5. The summed E-state index contributed by atoms with van der Waals surface area (Å²) in [7, 11) is -0.674. The molecule has 5 nitrogen and oxygen atoms in total. The second-order valence-corrected chi connectivity index (χ2v) is 8.19. The van der Waals surface area contributed by atoms with Gasteiger partial charge in [-0.3, -0.25) is 4.79 Å². The molecular formula is C15H21ClN2O3S. The van der Waals surface area contributed by atoms with Gasteiger partial charge in [0.1, 0.15) is 0 Å². The first-order valence-electron chi connectivity index (χ1n) is 7.32. The van der Waals surface area contributed by atoms with Crippen LogP contribution < -0.4 is 0 Å². The van der Waals surface area contributed by atoms with Crippen molar-refractivity contribution in [1.29, 1.82) is 0 Å².